The molecular formula is C17H32N4. The molecule has 2 N–H and O–H groups in total. The highest BCUT2D eigenvalue weighted by Crippen LogP contribution is 2.33. The van der Waals surface area contributed by atoms with E-state index in [-0.39, 0.29) is 0 Å². The fraction of sp³-hybridized carbons (Fsp3) is 0.941. The third-order valence-electron chi connectivity index (χ3n) is 5.68. The van der Waals surface area contributed by atoms with Crippen LogP contribution in [0.4, 0.5) is 0 Å². The molecule has 0 amide bonds. The average molecular weight is 292 g/mol. The van der Waals surface area contributed by atoms with Crippen molar-refractivity contribution >= 4 is 5.96 Å². The van der Waals surface area contributed by atoms with Gasteiger partial charge < -0.3 is 15.5 Å². The second-order valence-corrected chi connectivity index (χ2v) is 7.30. The lowest BCUT2D eigenvalue weighted by molar-refractivity contribution is 0.0526. The van der Waals surface area contributed by atoms with Gasteiger partial charge in [0.2, 0.25) is 0 Å². The summed E-state index contributed by atoms with van der Waals surface area (Å²) in [5, 5.41) is 7.17. The van der Waals surface area contributed by atoms with E-state index in [9.17, 15) is 0 Å². The number of guanidine groups is 1. The van der Waals surface area contributed by atoms with Crippen LogP contribution in [-0.4, -0.2) is 49.6 Å². The van der Waals surface area contributed by atoms with Gasteiger partial charge in [-0.1, -0.05) is 19.3 Å². The quantitative estimate of drug-likeness (QED) is 0.464. The molecule has 1 aliphatic carbocycles. The lowest BCUT2D eigenvalue weighted by Gasteiger charge is -2.47. The minimum Gasteiger partial charge on any atom is -0.356 e. The third-order valence-corrected chi connectivity index (χ3v) is 5.68. The summed E-state index contributed by atoms with van der Waals surface area (Å²) in [6.45, 7) is 1.07. The zero-order valence-electron chi connectivity index (χ0n) is 13.8. The van der Waals surface area contributed by atoms with E-state index in [0.717, 1.165) is 30.5 Å². The lowest BCUT2D eigenvalue weighted by atomic mass is 9.82. The Morgan fingerprint density at radius 2 is 1.86 bits per heavy atom. The van der Waals surface area contributed by atoms with E-state index < -0.39 is 0 Å². The fourth-order valence-corrected chi connectivity index (χ4v) is 4.13. The zero-order chi connectivity index (χ0) is 14.7. The number of hydrogen-bond acceptors (Lipinski definition) is 2. The molecule has 120 valence electrons. The van der Waals surface area contributed by atoms with E-state index in [2.05, 4.69) is 27.6 Å². The maximum atomic E-state index is 4.41. The SMILES string of the molecule is CN=C(NCCCC1CC1)NC1CC2CCCC(C1)N2C. The second kappa shape index (κ2) is 6.99. The van der Waals surface area contributed by atoms with Crippen molar-refractivity contribution in [3.8, 4) is 0 Å². The molecule has 4 nitrogen and oxygen atoms in total. The van der Waals surface area contributed by atoms with Crippen molar-refractivity contribution in [2.24, 2.45) is 10.9 Å². The van der Waals surface area contributed by atoms with E-state index in [1.54, 1.807) is 0 Å². The summed E-state index contributed by atoms with van der Waals surface area (Å²) in [4.78, 5) is 7.03. The minimum absolute atomic E-state index is 0.603. The van der Waals surface area contributed by atoms with Gasteiger partial charge in [-0.2, -0.15) is 0 Å². The van der Waals surface area contributed by atoms with E-state index in [0.29, 0.717) is 6.04 Å². The van der Waals surface area contributed by atoms with Crippen LogP contribution in [0.25, 0.3) is 0 Å². The second-order valence-electron chi connectivity index (χ2n) is 7.30. The van der Waals surface area contributed by atoms with Crippen molar-refractivity contribution in [2.45, 2.75) is 75.9 Å². The van der Waals surface area contributed by atoms with Crippen LogP contribution in [-0.2, 0) is 0 Å². The molecule has 4 heteroatoms. The number of piperidine rings is 2. The highest BCUT2D eigenvalue weighted by molar-refractivity contribution is 5.79. The lowest BCUT2D eigenvalue weighted by Crippen LogP contribution is -2.56. The largest absolute Gasteiger partial charge is 0.356 e. The van der Waals surface area contributed by atoms with Crippen LogP contribution >= 0.6 is 0 Å². The molecule has 3 fully saturated rings. The predicted molar refractivity (Wildman–Crippen MR) is 88.7 cm³/mol. The summed E-state index contributed by atoms with van der Waals surface area (Å²) in [5.74, 6) is 2.05. The monoisotopic (exact) mass is 292 g/mol. The molecule has 0 spiro atoms. The van der Waals surface area contributed by atoms with Gasteiger partial charge in [-0.3, -0.25) is 4.99 Å². The van der Waals surface area contributed by atoms with Crippen molar-refractivity contribution < 1.29 is 0 Å². The molecule has 0 aromatic heterocycles. The number of fused-ring (bicyclic) bond motifs is 2. The van der Waals surface area contributed by atoms with Gasteiger partial charge in [0, 0.05) is 31.7 Å². The molecule has 21 heavy (non-hydrogen) atoms. The van der Waals surface area contributed by atoms with Crippen molar-refractivity contribution in [1.82, 2.24) is 15.5 Å². The van der Waals surface area contributed by atoms with Crippen LogP contribution in [0.5, 0.6) is 0 Å². The van der Waals surface area contributed by atoms with Gasteiger partial charge in [0.25, 0.3) is 0 Å². The molecule has 2 atom stereocenters. The average Bonchev–Trinajstić information content (AvgIpc) is 3.27. The molecule has 1 saturated carbocycles. The summed E-state index contributed by atoms with van der Waals surface area (Å²) >= 11 is 0. The topological polar surface area (TPSA) is 39.7 Å². The number of aliphatic imine (C=N–C) groups is 1. The van der Waals surface area contributed by atoms with Gasteiger partial charge in [0.1, 0.15) is 0 Å². The van der Waals surface area contributed by atoms with Crippen LogP contribution in [0.2, 0.25) is 0 Å². The van der Waals surface area contributed by atoms with E-state index in [1.807, 2.05) is 7.05 Å². The fourth-order valence-electron chi connectivity index (χ4n) is 4.13. The Morgan fingerprint density at radius 3 is 2.48 bits per heavy atom. The molecule has 2 aliphatic heterocycles. The van der Waals surface area contributed by atoms with Gasteiger partial charge in [-0.15, -0.1) is 0 Å². The Morgan fingerprint density at radius 1 is 1.14 bits per heavy atom. The Hall–Kier alpha value is -0.770. The Labute approximate surface area is 129 Å². The standard InChI is InChI=1S/C17H32N4/c1-18-17(19-10-4-5-13-8-9-13)20-14-11-15-6-3-7-16(12-14)21(15)2/h13-16H,3-12H2,1-2H3,(H2,18,19,20). The zero-order valence-corrected chi connectivity index (χ0v) is 13.8. The van der Waals surface area contributed by atoms with E-state index >= 15 is 0 Å². The maximum Gasteiger partial charge on any atom is 0.191 e. The number of nitrogens with one attached hydrogen (secondary N) is 2. The summed E-state index contributed by atoms with van der Waals surface area (Å²) in [7, 11) is 4.21. The molecular weight excluding hydrogens is 260 g/mol. The summed E-state index contributed by atoms with van der Waals surface area (Å²) in [6, 6.07) is 2.16. The first-order chi connectivity index (χ1) is 10.3. The first-order valence-electron chi connectivity index (χ1n) is 8.95. The molecule has 2 unspecified atom stereocenters. The first kappa shape index (κ1) is 15.1. The molecule has 2 heterocycles. The molecule has 2 saturated heterocycles. The van der Waals surface area contributed by atoms with Gasteiger partial charge >= 0.3 is 0 Å². The Kier molecular flexibility index (Phi) is 5.04. The van der Waals surface area contributed by atoms with Crippen LogP contribution in [0.1, 0.15) is 57.8 Å². The van der Waals surface area contributed by atoms with Crippen molar-refractivity contribution in [2.75, 3.05) is 20.6 Å². The van der Waals surface area contributed by atoms with E-state index in [1.165, 1.54) is 57.8 Å². The number of hydrogen-bond donors (Lipinski definition) is 2. The normalized spacial score (nSPS) is 33.8. The summed E-state index contributed by atoms with van der Waals surface area (Å²) in [5.41, 5.74) is 0. The van der Waals surface area contributed by atoms with Crippen LogP contribution in [0.15, 0.2) is 4.99 Å². The molecule has 3 aliphatic rings. The third kappa shape index (κ3) is 4.12. The molecule has 0 aromatic carbocycles. The number of rotatable bonds is 5. The van der Waals surface area contributed by atoms with Gasteiger partial charge in [0.15, 0.2) is 5.96 Å². The molecule has 0 aromatic rings. The smallest absolute Gasteiger partial charge is 0.191 e. The molecule has 2 bridgehead atoms. The van der Waals surface area contributed by atoms with Crippen molar-refractivity contribution in [1.29, 1.82) is 0 Å². The predicted octanol–water partition coefficient (Wildman–Crippen LogP) is 2.36. The maximum absolute atomic E-state index is 4.41. The van der Waals surface area contributed by atoms with Gasteiger partial charge in [-0.25, -0.2) is 0 Å². The van der Waals surface area contributed by atoms with Gasteiger partial charge in [0.05, 0.1) is 0 Å². The van der Waals surface area contributed by atoms with Crippen molar-refractivity contribution in [3.63, 3.8) is 0 Å². The van der Waals surface area contributed by atoms with E-state index in [4.69, 9.17) is 0 Å². The van der Waals surface area contributed by atoms with Crippen LogP contribution in [0.3, 0.4) is 0 Å². The highest BCUT2D eigenvalue weighted by atomic mass is 15.2. The van der Waals surface area contributed by atoms with Gasteiger partial charge in [-0.05, 0) is 51.5 Å². The summed E-state index contributed by atoms with van der Waals surface area (Å²) in [6.07, 6.45) is 12.3. The molecule has 0 radical (unpaired) electrons. The van der Waals surface area contributed by atoms with Crippen LogP contribution < -0.4 is 10.6 Å². The minimum atomic E-state index is 0.603. The Balaban J connectivity index is 1.41. The Bertz CT molecular complexity index is 350. The van der Waals surface area contributed by atoms with Crippen LogP contribution in [0, 0.1) is 5.92 Å². The highest BCUT2D eigenvalue weighted by Gasteiger charge is 2.36. The molecule has 3 rings (SSSR count). The summed E-state index contributed by atoms with van der Waals surface area (Å²) < 4.78 is 0. The number of nitrogens with zero attached hydrogens (tertiary/aromatic N) is 2. The van der Waals surface area contributed by atoms with Crippen molar-refractivity contribution in [3.05, 3.63) is 0 Å². The first-order valence-corrected chi connectivity index (χ1v) is 8.95.